The molecule has 1 N–H and O–H groups in total. The minimum atomic E-state index is 0.122. The number of nitrogens with one attached hydrogen (secondary N) is 1. The van der Waals surface area contributed by atoms with E-state index in [9.17, 15) is 9.59 Å². The van der Waals surface area contributed by atoms with Crippen molar-refractivity contribution in [3.05, 3.63) is 0 Å². The maximum Gasteiger partial charge on any atom is 0.248 e. The SMILES string of the molecule is CCOCC(=O)N1CCN(CCCCCCCCC=O)CC1.CNC(C)C. The Hall–Kier alpha value is -0.980. The average molecular weight is 386 g/mol. The number of amides is 1. The van der Waals surface area contributed by atoms with Crippen LogP contribution in [0.25, 0.3) is 0 Å². The number of unbranched alkanes of at least 4 members (excludes halogenated alkanes) is 6. The molecular formula is C21H43N3O3. The number of rotatable bonds is 13. The molecule has 0 aromatic rings. The van der Waals surface area contributed by atoms with Gasteiger partial charge in [-0.2, -0.15) is 0 Å². The molecule has 1 heterocycles. The number of nitrogens with zero attached hydrogens (tertiary/aromatic N) is 2. The van der Waals surface area contributed by atoms with Gasteiger partial charge in [0.1, 0.15) is 12.9 Å². The van der Waals surface area contributed by atoms with E-state index in [1.165, 1.54) is 32.1 Å². The zero-order valence-corrected chi connectivity index (χ0v) is 18.2. The first-order valence-electron chi connectivity index (χ1n) is 10.7. The lowest BCUT2D eigenvalue weighted by molar-refractivity contribution is -0.137. The minimum Gasteiger partial charge on any atom is -0.372 e. The molecule has 6 heteroatoms. The Morgan fingerprint density at radius 2 is 1.59 bits per heavy atom. The van der Waals surface area contributed by atoms with Gasteiger partial charge in [0.05, 0.1) is 0 Å². The summed E-state index contributed by atoms with van der Waals surface area (Å²) in [6.45, 7) is 11.7. The molecule has 0 atom stereocenters. The monoisotopic (exact) mass is 385 g/mol. The van der Waals surface area contributed by atoms with Gasteiger partial charge in [-0.3, -0.25) is 9.69 Å². The van der Waals surface area contributed by atoms with Gasteiger partial charge in [-0.15, -0.1) is 0 Å². The van der Waals surface area contributed by atoms with Gasteiger partial charge in [-0.1, -0.05) is 39.5 Å². The molecule has 0 spiro atoms. The highest BCUT2D eigenvalue weighted by atomic mass is 16.5. The topological polar surface area (TPSA) is 61.9 Å². The lowest BCUT2D eigenvalue weighted by atomic mass is 10.1. The van der Waals surface area contributed by atoms with Crippen molar-refractivity contribution in [1.29, 1.82) is 0 Å². The summed E-state index contributed by atoms with van der Waals surface area (Å²) in [5.41, 5.74) is 0. The van der Waals surface area contributed by atoms with Crippen LogP contribution >= 0.6 is 0 Å². The summed E-state index contributed by atoms with van der Waals surface area (Å²) in [6.07, 6.45) is 8.97. The van der Waals surface area contributed by atoms with Crippen molar-refractivity contribution >= 4 is 12.2 Å². The Balaban J connectivity index is 0.00000119. The summed E-state index contributed by atoms with van der Waals surface area (Å²) in [4.78, 5) is 26.4. The van der Waals surface area contributed by atoms with Gasteiger partial charge in [-0.25, -0.2) is 0 Å². The minimum absolute atomic E-state index is 0.122. The summed E-state index contributed by atoms with van der Waals surface area (Å²) in [5.74, 6) is 0.122. The molecule has 0 unspecified atom stereocenters. The molecule has 0 radical (unpaired) electrons. The second kappa shape index (κ2) is 18.4. The first-order chi connectivity index (χ1) is 13.0. The number of aldehydes is 1. The normalized spacial score (nSPS) is 14.8. The van der Waals surface area contributed by atoms with Gasteiger partial charge in [0.15, 0.2) is 0 Å². The van der Waals surface area contributed by atoms with Crippen molar-refractivity contribution in [3.8, 4) is 0 Å². The zero-order valence-electron chi connectivity index (χ0n) is 18.2. The van der Waals surface area contributed by atoms with E-state index in [2.05, 4.69) is 24.1 Å². The van der Waals surface area contributed by atoms with Gasteiger partial charge < -0.3 is 19.7 Å². The van der Waals surface area contributed by atoms with Crippen molar-refractivity contribution in [2.75, 3.05) is 53.0 Å². The van der Waals surface area contributed by atoms with Crippen LogP contribution < -0.4 is 5.32 Å². The average Bonchev–Trinajstić information content (AvgIpc) is 2.69. The number of carbonyl (C=O) groups is 2. The third-order valence-electron chi connectivity index (χ3n) is 4.78. The molecule has 6 nitrogen and oxygen atoms in total. The van der Waals surface area contributed by atoms with Crippen molar-refractivity contribution < 1.29 is 14.3 Å². The highest BCUT2D eigenvalue weighted by Crippen LogP contribution is 2.09. The maximum atomic E-state index is 11.8. The van der Waals surface area contributed by atoms with Crippen molar-refractivity contribution in [1.82, 2.24) is 15.1 Å². The van der Waals surface area contributed by atoms with Gasteiger partial charge in [0, 0.05) is 45.2 Å². The molecular weight excluding hydrogens is 342 g/mol. The molecule has 1 fully saturated rings. The lowest BCUT2D eigenvalue weighted by Gasteiger charge is -2.34. The summed E-state index contributed by atoms with van der Waals surface area (Å²) in [6, 6.07) is 0.634. The Kier molecular flexibility index (Phi) is 17.7. The molecule has 0 saturated carbocycles. The first-order valence-corrected chi connectivity index (χ1v) is 10.7. The van der Waals surface area contributed by atoms with E-state index in [-0.39, 0.29) is 12.5 Å². The number of hydrogen-bond donors (Lipinski definition) is 1. The van der Waals surface area contributed by atoms with Gasteiger partial charge in [0.25, 0.3) is 0 Å². The number of ether oxygens (including phenoxy) is 1. The smallest absolute Gasteiger partial charge is 0.248 e. The van der Waals surface area contributed by atoms with Crippen LogP contribution in [0.1, 0.15) is 65.7 Å². The van der Waals surface area contributed by atoms with Crippen LogP contribution in [0.15, 0.2) is 0 Å². The summed E-state index contributed by atoms with van der Waals surface area (Å²) in [5, 5.41) is 3.03. The van der Waals surface area contributed by atoms with E-state index in [1.54, 1.807) is 0 Å². The summed E-state index contributed by atoms with van der Waals surface area (Å²) in [7, 11) is 1.95. The largest absolute Gasteiger partial charge is 0.372 e. The Labute approximate surface area is 167 Å². The fraction of sp³-hybridized carbons (Fsp3) is 0.905. The third-order valence-corrected chi connectivity index (χ3v) is 4.78. The first kappa shape index (κ1) is 26.0. The van der Waals surface area contributed by atoms with Gasteiger partial charge in [0.2, 0.25) is 5.91 Å². The molecule has 0 aliphatic carbocycles. The van der Waals surface area contributed by atoms with E-state index >= 15 is 0 Å². The van der Waals surface area contributed by atoms with Crippen LogP contribution in [0.5, 0.6) is 0 Å². The predicted molar refractivity (Wildman–Crippen MR) is 112 cm³/mol. The summed E-state index contributed by atoms with van der Waals surface area (Å²) >= 11 is 0. The van der Waals surface area contributed by atoms with E-state index in [1.807, 2.05) is 18.9 Å². The molecule has 1 amide bonds. The quantitative estimate of drug-likeness (QED) is 0.390. The summed E-state index contributed by atoms with van der Waals surface area (Å²) < 4.78 is 5.18. The second-order valence-electron chi connectivity index (χ2n) is 7.38. The van der Waals surface area contributed by atoms with E-state index in [4.69, 9.17) is 4.74 Å². The Morgan fingerprint density at radius 3 is 2.11 bits per heavy atom. The number of carbonyl (C=O) groups excluding carboxylic acids is 2. The molecule has 0 aromatic carbocycles. The Morgan fingerprint density at radius 1 is 1.04 bits per heavy atom. The molecule has 0 bridgehead atoms. The maximum absolute atomic E-state index is 11.8. The van der Waals surface area contributed by atoms with E-state index in [0.29, 0.717) is 19.1 Å². The molecule has 0 aromatic heterocycles. The third kappa shape index (κ3) is 15.7. The Bertz CT molecular complexity index is 357. The van der Waals surface area contributed by atoms with Gasteiger partial charge >= 0.3 is 0 Å². The zero-order chi connectivity index (χ0) is 20.3. The van der Waals surface area contributed by atoms with Crippen LogP contribution in [0.4, 0.5) is 0 Å². The molecule has 1 aliphatic heterocycles. The molecule has 1 saturated heterocycles. The molecule has 27 heavy (non-hydrogen) atoms. The van der Waals surface area contributed by atoms with Crippen molar-refractivity contribution in [3.63, 3.8) is 0 Å². The number of hydrogen-bond acceptors (Lipinski definition) is 5. The standard InChI is InChI=1S/C17H32N2O3.C4H11N/c1-2-22-16-17(21)19-13-11-18(12-14-19)10-8-6-4-3-5-7-9-15-20;1-4(2)5-3/h15H,2-14,16H2,1H3;4-5H,1-3H3. The van der Waals surface area contributed by atoms with E-state index < -0.39 is 0 Å². The van der Waals surface area contributed by atoms with Crippen molar-refractivity contribution in [2.45, 2.75) is 71.8 Å². The van der Waals surface area contributed by atoms with Crippen LogP contribution in [-0.4, -0.2) is 81.0 Å². The fourth-order valence-electron chi connectivity index (χ4n) is 2.77. The van der Waals surface area contributed by atoms with Crippen molar-refractivity contribution in [2.24, 2.45) is 0 Å². The highest BCUT2D eigenvalue weighted by Gasteiger charge is 2.20. The lowest BCUT2D eigenvalue weighted by Crippen LogP contribution is -2.49. The van der Waals surface area contributed by atoms with Crippen LogP contribution in [0.3, 0.4) is 0 Å². The van der Waals surface area contributed by atoms with Gasteiger partial charge in [-0.05, 0) is 33.4 Å². The van der Waals surface area contributed by atoms with Crippen LogP contribution in [0, 0.1) is 0 Å². The van der Waals surface area contributed by atoms with E-state index in [0.717, 1.165) is 45.4 Å². The molecule has 160 valence electrons. The van der Waals surface area contributed by atoms with Crippen LogP contribution in [-0.2, 0) is 14.3 Å². The predicted octanol–water partition coefficient (Wildman–Crippen LogP) is 2.71. The highest BCUT2D eigenvalue weighted by molar-refractivity contribution is 5.77. The number of piperazine rings is 1. The molecule has 1 rings (SSSR count). The second-order valence-corrected chi connectivity index (χ2v) is 7.38. The van der Waals surface area contributed by atoms with Crippen LogP contribution in [0.2, 0.25) is 0 Å². The fourth-order valence-corrected chi connectivity index (χ4v) is 2.77. The molecule has 1 aliphatic rings.